The number of nitrogens with zero attached hydrogens (tertiary/aromatic N) is 2. The third-order valence-corrected chi connectivity index (χ3v) is 5.24. The van der Waals surface area contributed by atoms with Gasteiger partial charge >= 0.3 is 6.18 Å². The molecule has 4 rings (SSSR count). The molecule has 29 heavy (non-hydrogen) atoms. The van der Waals surface area contributed by atoms with Crippen molar-refractivity contribution in [1.29, 1.82) is 0 Å². The van der Waals surface area contributed by atoms with Crippen LogP contribution in [0.5, 0.6) is 0 Å². The first-order chi connectivity index (χ1) is 13.9. The van der Waals surface area contributed by atoms with E-state index in [1.165, 1.54) is 6.07 Å². The molecule has 0 radical (unpaired) electrons. The van der Waals surface area contributed by atoms with Gasteiger partial charge in [-0.2, -0.15) is 13.2 Å². The molecule has 2 aromatic carbocycles. The van der Waals surface area contributed by atoms with Gasteiger partial charge in [0, 0.05) is 30.9 Å². The molecule has 7 heteroatoms. The van der Waals surface area contributed by atoms with E-state index in [1.807, 2.05) is 47.4 Å². The van der Waals surface area contributed by atoms with Crippen molar-refractivity contribution >= 4 is 22.5 Å². The molecule has 150 valence electrons. The number of benzene rings is 2. The maximum Gasteiger partial charge on any atom is 0.417 e. The van der Waals surface area contributed by atoms with Gasteiger partial charge in [-0.1, -0.05) is 30.3 Å². The minimum Gasteiger partial charge on any atom is -0.356 e. The van der Waals surface area contributed by atoms with Crippen LogP contribution in [0, 0.1) is 0 Å². The predicted molar refractivity (Wildman–Crippen MR) is 106 cm³/mol. The lowest BCUT2D eigenvalue weighted by atomic mass is 10.0. The number of nitrogens with one attached hydrogen (secondary N) is 1. The highest BCUT2D eigenvalue weighted by molar-refractivity contribution is 5.98. The highest BCUT2D eigenvalue weighted by Gasteiger charge is 2.31. The number of fused-ring (bicyclic) bond motifs is 1. The second-order valence-corrected chi connectivity index (χ2v) is 7.20. The zero-order valence-electron chi connectivity index (χ0n) is 15.6. The van der Waals surface area contributed by atoms with Crippen molar-refractivity contribution in [3.05, 3.63) is 71.9 Å². The van der Waals surface area contributed by atoms with Gasteiger partial charge in [0.1, 0.15) is 5.82 Å². The third kappa shape index (κ3) is 4.34. The van der Waals surface area contributed by atoms with Crippen LogP contribution in [0.15, 0.2) is 60.8 Å². The van der Waals surface area contributed by atoms with Gasteiger partial charge in [-0.25, -0.2) is 4.98 Å². The summed E-state index contributed by atoms with van der Waals surface area (Å²) in [6, 6.07) is 16.0. The molecule has 1 amide bonds. The summed E-state index contributed by atoms with van der Waals surface area (Å²) in [5, 5.41) is 5.17. The van der Waals surface area contributed by atoms with E-state index in [1.54, 1.807) is 0 Å². The molecular weight excluding hydrogens is 379 g/mol. The lowest BCUT2D eigenvalue weighted by Gasteiger charge is -2.33. The Morgan fingerprint density at radius 3 is 2.38 bits per heavy atom. The maximum absolute atomic E-state index is 12.7. The smallest absolute Gasteiger partial charge is 0.356 e. The van der Waals surface area contributed by atoms with E-state index >= 15 is 0 Å². The lowest BCUT2D eigenvalue weighted by molar-refractivity contribution is -0.137. The van der Waals surface area contributed by atoms with E-state index in [-0.39, 0.29) is 11.9 Å². The molecule has 2 heterocycles. The predicted octanol–water partition coefficient (Wildman–Crippen LogP) is 4.65. The van der Waals surface area contributed by atoms with Crippen LogP contribution in [0.1, 0.15) is 28.8 Å². The number of hydrogen-bond donors (Lipinski definition) is 1. The Hall–Kier alpha value is -3.09. The highest BCUT2D eigenvalue weighted by atomic mass is 19.4. The molecule has 1 aliphatic heterocycles. The molecule has 0 aliphatic carbocycles. The number of carbonyl (C=O) groups is 1. The Bertz CT molecular complexity index is 1010. The average molecular weight is 399 g/mol. The number of halogens is 3. The number of hydrogen-bond acceptors (Lipinski definition) is 3. The first-order valence-electron chi connectivity index (χ1n) is 9.48. The van der Waals surface area contributed by atoms with Crippen LogP contribution in [0.3, 0.4) is 0 Å². The first kappa shape index (κ1) is 19.2. The highest BCUT2D eigenvalue weighted by Crippen LogP contribution is 2.29. The van der Waals surface area contributed by atoms with Crippen molar-refractivity contribution in [2.24, 2.45) is 0 Å². The number of anilines is 1. The van der Waals surface area contributed by atoms with Gasteiger partial charge in [0.05, 0.1) is 5.56 Å². The van der Waals surface area contributed by atoms with Crippen molar-refractivity contribution < 1.29 is 18.0 Å². The minimum atomic E-state index is -4.38. The van der Waals surface area contributed by atoms with E-state index in [9.17, 15) is 18.0 Å². The van der Waals surface area contributed by atoms with Crippen LogP contribution < -0.4 is 10.2 Å². The molecule has 1 fully saturated rings. The molecule has 0 saturated carbocycles. The summed E-state index contributed by atoms with van der Waals surface area (Å²) in [5.41, 5.74) is -0.130. The molecule has 0 spiro atoms. The van der Waals surface area contributed by atoms with Gasteiger partial charge in [-0.3, -0.25) is 4.79 Å². The van der Waals surface area contributed by atoms with Crippen LogP contribution in [0.25, 0.3) is 10.8 Å². The molecule has 1 saturated heterocycles. The summed E-state index contributed by atoms with van der Waals surface area (Å²) in [7, 11) is 0. The molecule has 3 aromatic rings. The molecule has 1 aliphatic rings. The second-order valence-electron chi connectivity index (χ2n) is 7.20. The Morgan fingerprint density at radius 1 is 1.00 bits per heavy atom. The number of amides is 1. The summed E-state index contributed by atoms with van der Waals surface area (Å²) in [5.74, 6) is 0.416. The molecule has 4 nitrogen and oxygen atoms in total. The summed E-state index contributed by atoms with van der Waals surface area (Å²) in [6.45, 7) is 1.25. The topological polar surface area (TPSA) is 45.2 Å². The van der Waals surface area contributed by atoms with Crippen molar-refractivity contribution in [3.8, 4) is 0 Å². The van der Waals surface area contributed by atoms with Gasteiger partial charge in [0.15, 0.2) is 0 Å². The van der Waals surface area contributed by atoms with E-state index in [4.69, 9.17) is 0 Å². The number of alkyl halides is 3. The summed E-state index contributed by atoms with van der Waals surface area (Å²) in [4.78, 5) is 18.5. The van der Waals surface area contributed by atoms with Crippen LogP contribution >= 0.6 is 0 Å². The summed E-state index contributed by atoms with van der Waals surface area (Å²) in [6.07, 6.45) is -2.10. The van der Waals surface area contributed by atoms with Gasteiger partial charge < -0.3 is 10.2 Å². The van der Waals surface area contributed by atoms with Crippen LogP contribution in [-0.4, -0.2) is 30.0 Å². The Morgan fingerprint density at radius 2 is 1.72 bits per heavy atom. The zero-order chi connectivity index (χ0) is 20.4. The van der Waals surface area contributed by atoms with Crippen LogP contribution in [0.4, 0.5) is 19.0 Å². The second kappa shape index (κ2) is 7.73. The molecule has 1 N–H and O–H groups in total. The number of rotatable bonds is 3. The number of carbonyl (C=O) groups excluding carboxylic acids is 1. The molecule has 0 unspecified atom stereocenters. The van der Waals surface area contributed by atoms with Gasteiger partial charge in [-0.05, 0) is 47.9 Å². The fourth-order valence-corrected chi connectivity index (χ4v) is 3.59. The molecule has 1 aromatic heterocycles. The normalized spacial score (nSPS) is 15.5. The summed E-state index contributed by atoms with van der Waals surface area (Å²) >= 11 is 0. The SMILES string of the molecule is O=C(NC1CCN(c2ccc(C(F)(F)F)cn2)CC1)c1ccc2ccccc2c1. The van der Waals surface area contributed by atoms with Crippen molar-refractivity contribution in [1.82, 2.24) is 10.3 Å². The third-order valence-electron chi connectivity index (χ3n) is 5.24. The lowest BCUT2D eigenvalue weighted by Crippen LogP contribution is -2.45. The fraction of sp³-hybridized carbons (Fsp3) is 0.273. The van der Waals surface area contributed by atoms with Gasteiger partial charge in [0.25, 0.3) is 5.91 Å². The average Bonchev–Trinajstić information content (AvgIpc) is 2.73. The molecule has 0 atom stereocenters. The largest absolute Gasteiger partial charge is 0.417 e. The summed E-state index contributed by atoms with van der Waals surface area (Å²) < 4.78 is 38.0. The van der Waals surface area contributed by atoms with Crippen molar-refractivity contribution in [3.63, 3.8) is 0 Å². The van der Waals surface area contributed by atoms with Crippen LogP contribution in [-0.2, 0) is 6.18 Å². The molecular formula is C22H20F3N3O. The Labute approximate surface area is 166 Å². The van der Waals surface area contributed by atoms with E-state index in [2.05, 4.69) is 10.3 Å². The van der Waals surface area contributed by atoms with E-state index in [0.717, 1.165) is 23.0 Å². The quantitative estimate of drug-likeness (QED) is 0.697. The number of aromatic nitrogens is 1. The van der Waals surface area contributed by atoms with Crippen molar-refractivity contribution in [2.45, 2.75) is 25.1 Å². The minimum absolute atomic E-state index is 0.0275. The number of piperidine rings is 1. The fourth-order valence-electron chi connectivity index (χ4n) is 3.59. The molecule has 0 bridgehead atoms. The van der Waals surface area contributed by atoms with Gasteiger partial charge in [-0.15, -0.1) is 0 Å². The first-order valence-corrected chi connectivity index (χ1v) is 9.48. The Balaban J connectivity index is 1.35. The standard InChI is InChI=1S/C22H20F3N3O/c23-22(24,25)18-7-8-20(26-14-18)28-11-9-19(10-12-28)27-21(29)17-6-5-15-3-1-2-4-16(15)13-17/h1-8,13-14,19H,9-12H2,(H,27,29). The van der Waals surface area contributed by atoms with Gasteiger partial charge in [0.2, 0.25) is 0 Å². The monoisotopic (exact) mass is 399 g/mol. The maximum atomic E-state index is 12.7. The van der Waals surface area contributed by atoms with E-state index in [0.29, 0.717) is 37.3 Å². The van der Waals surface area contributed by atoms with E-state index < -0.39 is 11.7 Å². The van der Waals surface area contributed by atoms with Crippen molar-refractivity contribution in [2.75, 3.05) is 18.0 Å². The Kier molecular flexibility index (Phi) is 5.13. The number of pyridine rings is 1. The zero-order valence-corrected chi connectivity index (χ0v) is 15.6. The van der Waals surface area contributed by atoms with Crippen LogP contribution in [0.2, 0.25) is 0 Å².